The van der Waals surface area contributed by atoms with Crippen LogP contribution in [-0.4, -0.2) is 19.6 Å². The van der Waals surface area contributed by atoms with Crippen molar-refractivity contribution in [3.8, 4) is 0 Å². The average molecular weight is 317 g/mol. The van der Waals surface area contributed by atoms with Gasteiger partial charge in [-0.15, -0.1) is 11.3 Å². The number of rotatable bonds is 4. The monoisotopic (exact) mass is 317 g/mol. The molecule has 1 aliphatic carbocycles. The molecule has 1 aliphatic rings. The van der Waals surface area contributed by atoms with Gasteiger partial charge in [0.25, 0.3) is 0 Å². The van der Waals surface area contributed by atoms with Gasteiger partial charge in [0, 0.05) is 15.8 Å². The summed E-state index contributed by atoms with van der Waals surface area (Å²) in [6.07, 6.45) is 2.98. The third-order valence-corrected chi connectivity index (χ3v) is 6.68. The summed E-state index contributed by atoms with van der Waals surface area (Å²) in [5.41, 5.74) is 0. The van der Waals surface area contributed by atoms with E-state index in [0.29, 0.717) is 21.6 Å². The maximum atomic E-state index is 12.5. The van der Waals surface area contributed by atoms with Crippen molar-refractivity contribution in [1.82, 2.24) is 4.72 Å². The Morgan fingerprint density at radius 2 is 1.90 bits per heavy atom. The molecule has 0 aromatic carbocycles. The molecule has 2 N–H and O–H groups in total. The van der Waals surface area contributed by atoms with Crippen molar-refractivity contribution in [2.24, 2.45) is 11.8 Å². The fraction of sp³-hybridized carbons (Fsp3) is 0.714. The number of aliphatic hydroxyl groups is 1. The van der Waals surface area contributed by atoms with Gasteiger partial charge in [0.2, 0.25) is 10.0 Å². The van der Waals surface area contributed by atoms with Crippen molar-refractivity contribution in [2.45, 2.75) is 57.6 Å². The minimum atomic E-state index is -3.48. The van der Waals surface area contributed by atoms with E-state index in [2.05, 4.69) is 18.6 Å². The van der Waals surface area contributed by atoms with Gasteiger partial charge in [-0.3, -0.25) is 0 Å². The molecule has 2 unspecified atom stereocenters. The zero-order valence-corrected chi connectivity index (χ0v) is 13.9. The fourth-order valence-corrected chi connectivity index (χ4v) is 5.95. The number of hydrogen-bond donors (Lipinski definition) is 2. The fourth-order valence-electron chi connectivity index (χ4n) is 3.20. The highest BCUT2D eigenvalue weighted by molar-refractivity contribution is 7.89. The normalized spacial score (nSPS) is 27.7. The predicted octanol–water partition coefficient (Wildman–Crippen LogP) is 2.65. The molecule has 114 valence electrons. The van der Waals surface area contributed by atoms with E-state index in [0.717, 1.165) is 17.7 Å². The zero-order valence-electron chi connectivity index (χ0n) is 12.2. The molecule has 1 fully saturated rings. The van der Waals surface area contributed by atoms with Gasteiger partial charge < -0.3 is 5.11 Å². The Balaban J connectivity index is 2.16. The third-order valence-electron chi connectivity index (χ3n) is 3.87. The summed E-state index contributed by atoms with van der Waals surface area (Å²) in [7, 11) is -3.48. The second-order valence-corrected chi connectivity index (χ2v) is 9.05. The van der Waals surface area contributed by atoms with E-state index in [1.54, 1.807) is 13.0 Å². The quantitative estimate of drug-likeness (QED) is 0.897. The molecule has 4 nitrogen and oxygen atoms in total. The second-order valence-electron chi connectivity index (χ2n) is 6.03. The smallest absolute Gasteiger partial charge is 0.241 e. The minimum Gasteiger partial charge on any atom is -0.391 e. The molecule has 1 heterocycles. The van der Waals surface area contributed by atoms with Gasteiger partial charge in [-0.2, -0.15) is 0 Å². The lowest BCUT2D eigenvalue weighted by atomic mass is 9.81. The van der Waals surface area contributed by atoms with Crippen LogP contribution in [0, 0.1) is 18.8 Å². The van der Waals surface area contributed by atoms with Crippen LogP contribution in [0.15, 0.2) is 11.0 Å². The Bertz CT molecular complexity index is 555. The van der Waals surface area contributed by atoms with E-state index in [-0.39, 0.29) is 12.6 Å². The molecular weight excluding hydrogens is 294 g/mol. The SMILES string of the molecule is Cc1sc(CO)cc1S(=O)(=O)NC1CC(C)CC(C)C1. The molecule has 20 heavy (non-hydrogen) atoms. The van der Waals surface area contributed by atoms with Crippen molar-refractivity contribution >= 4 is 21.4 Å². The molecular formula is C14H23NO3S2. The van der Waals surface area contributed by atoms with Crippen LogP contribution < -0.4 is 4.72 Å². The Hall–Kier alpha value is -0.430. The number of hydrogen-bond acceptors (Lipinski definition) is 4. The van der Waals surface area contributed by atoms with Gasteiger partial charge in [0.1, 0.15) is 0 Å². The van der Waals surface area contributed by atoms with Crippen molar-refractivity contribution in [1.29, 1.82) is 0 Å². The van der Waals surface area contributed by atoms with Crippen molar-refractivity contribution in [3.05, 3.63) is 15.8 Å². The van der Waals surface area contributed by atoms with E-state index >= 15 is 0 Å². The highest BCUT2D eigenvalue weighted by Gasteiger charge is 2.29. The van der Waals surface area contributed by atoms with Gasteiger partial charge in [-0.1, -0.05) is 13.8 Å². The Morgan fingerprint density at radius 1 is 1.30 bits per heavy atom. The summed E-state index contributed by atoms with van der Waals surface area (Å²) in [5, 5.41) is 9.13. The van der Waals surface area contributed by atoms with E-state index in [1.165, 1.54) is 17.8 Å². The minimum absolute atomic E-state index is 0.0237. The molecule has 1 saturated carbocycles. The maximum Gasteiger partial charge on any atom is 0.241 e. The molecule has 0 amide bonds. The van der Waals surface area contributed by atoms with E-state index < -0.39 is 10.0 Å². The van der Waals surface area contributed by atoms with Gasteiger partial charge in [-0.25, -0.2) is 13.1 Å². The predicted molar refractivity (Wildman–Crippen MR) is 81.3 cm³/mol. The Labute approximate surface area is 125 Å². The number of aryl methyl sites for hydroxylation is 1. The summed E-state index contributed by atoms with van der Waals surface area (Å²) < 4.78 is 27.8. The molecule has 1 aromatic rings. The van der Waals surface area contributed by atoms with Crippen LogP contribution in [0.5, 0.6) is 0 Å². The molecule has 2 rings (SSSR count). The van der Waals surface area contributed by atoms with Crippen LogP contribution in [-0.2, 0) is 16.6 Å². The van der Waals surface area contributed by atoms with Crippen molar-refractivity contribution in [3.63, 3.8) is 0 Å². The summed E-state index contributed by atoms with van der Waals surface area (Å²) in [4.78, 5) is 1.74. The maximum absolute atomic E-state index is 12.5. The summed E-state index contributed by atoms with van der Waals surface area (Å²) >= 11 is 1.34. The van der Waals surface area contributed by atoms with Crippen LogP contribution in [0.25, 0.3) is 0 Å². The number of aliphatic hydroxyl groups excluding tert-OH is 1. The van der Waals surface area contributed by atoms with Gasteiger partial charge >= 0.3 is 0 Å². The average Bonchev–Trinajstić information content (AvgIpc) is 2.69. The second kappa shape index (κ2) is 6.13. The molecule has 1 aromatic heterocycles. The van der Waals surface area contributed by atoms with E-state index in [4.69, 9.17) is 5.11 Å². The summed E-state index contributed by atoms with van der Waals surface area (Å²) in [6.45, 7) is 6.02. The van der Waals surface area contributed by atoms with Crippen LogP contribution in [0.1, 0.15) is 42.9 Å². The molecule has 0 aliphatic heterocycles. The first-order valence-corrected chi connectivity index (χ1v) is 9.34. The lowest BCUT2D eigenvalue weighted by Crippen LogP contribution is -2.40. The van der Waals surface area contributed by atoms with Crippen LogP contribution in [0.2, 0.25) is 0 Å². The van der Waals surface area contributed by atoms with Crippen LogP contribution in [0.4, 0.5) is 0 Å². The highest BCUT2D eigenvalue weighted by Crippen LogP contribution is 2.31. The summed E-state index contributed by atoms with van der Waals surface area (Å²) in [5.74, 6) is 1.12. The van der Waals surface area contributed by atoms with Gasteiger partial charge in [0.05, 0.1) is 11.5 Å². The van der Waals surface area contributed by atoms with E-state index in [1.807, 2.05) is 0 Å². The molecule has 0 radical (unpaired) electrons. The largest absolute Gasteiger partial charge is 0.391 e. The molecule has 6 heteroatoms. The Morgan fingerprint density at radius 3 is 2.40 bits per heavy atom. The van der Waals surface area contributed by atoms with E-state index in [9.17, 15) is 8.42 Å². The molecule has 0 saturated heterocycles. The topological polar surface area (TPSA) is 66.4 Å². The number of nitrogens with one attached hydrogen (secondary N) is 1. The lowest BCUT2D eigenvalue weighted by Gasteiger charge is -2.31. The lowest BCUT2D eigenvalue weighted by molar-refractivity contribution is 0.257. The molecule has 0 bridgehead atoms. The van der Waals surface area contributed by atoms with Crippen LogP contribution in [0.3, 0.4) is 0 Å². The third kappa shape index (κ3) is 3.61. The zero-order chi connectivity index (χ0) is 14.9. The van der Waals surface area contributed by atoms with Crippen LogP contribution >= 0.6 is 11.3 Å². The number of thiophene rings is 1. The van der Waals surface area contributed by atoms with Crippen molar-refractivity contribution < 1.29 is 13.5 Å². The van der Waals surface area contributed by atoms with Gasteiger partial charge in [-0.05, 0) is 44.1 Å². The first-order valence-electron chi connectivity index (χ1n) is 7.04. The first kappa shape index (κ1) is 15.9. The Kier molecular flexibility index (Phi) is 4.89. The molecule has 0 spiro atoms. The van der Waals surface area contributed by atoms with Gasteiger partial charge in [0.15, 0.2) is 0 Å². The molecule has 2 atom stereocenters. The standard InChI is InChI=1S/C14H23NO3S2/c1-9-4-10(2)6-12(5-9)15-20(17,18)14-7-13(8-16)19-11(14)3/h7,9-10,12,15-16H,4-6,8H2,1-3H3. The first-order chi connectivity index (χ1) is 9.31. The van der Waals surface area contributed by atoms with Crippen molar-refractivity contribution in [2.75, 3.05) is 0 Å². The number of sulfonamides is 1. The highest BCUT2D eigenvalue weighted by atomic mass is 32.2. The summed E-state index contributed by atoms with van der Waals surface area (Å²) in [6, 6.07) is 1.61.